The topological polar surface area (TPSA) is 103 Å². The Balaban J connectivity index is 1.76. The van der Waals surface area contributed by atoms with Crippen LogP contribution < -0.4 is 5.32 Å². The lowest BCUT2D eigenvalue weighted by Gasteiger charge is -2.04. The second-order valence-electron chi connectivity index (χ2n) is 4.58. The number of aromatic nitrogens is 3. The molecule has 0 aliphatic carbocycles. The van der Waals surface area contributed by atoms with Crippen LogP contribution in [0.4, 0.5) is 11.6 Å². The van der Waals surface area contributed by atoms with Crippen LogP contribution in [0.5, 0.6) is 0 Å². The van der Waals surface area contributed by atoms with Crippen LogP contribution in [0, 0.1) is 17.0 Å². The minimum atomic E-state index is -0.652. The second kappa shape index (κ2) is 6.60. The van der Waals surface area contributed by atoms with Gasteiger partial charge in [0.2, 0.25) is 12.2 Å². The molecule has 2 rings (SSSR count). The molecule has 21 heavy (non-hydrogen) atoms. The molecular weight excluding hydrogens is 274 g/mol. The van der Waals surface area contributed by atoms with Gasteiger partial charge in [-0.15, -0.1) is 0 Å². The monoisotopic (exact) mass is 289 g/mol. The van der Waals surface area contributed by atoms with Crippen molar-refractivity contribution in [2.45, 2.75) is 26.3 Å². The molecule has 0 radical (unpaired) electrons. The third-order valence-electron chi connectivity index (χ3n) is 2.81. The van der Waals surface area contributed by atoms with E-state index in [0.717, 1.165) is 11.3 Å². The molecule has 0 saturated heterocycles. The van der Waals surface area contributed by atoms with Gasteiger partial charge in [0.05, 0.1) is 6.54 Å². The Morgan fingerprint density at radius 2 is 2.10 bits per heavy atom. The van der Waals surface area contributed by atoms with Crippen molar-refractivity contribution in [1.29, 1.82) is 0 Å². The lowest BCUT2D eigenvalue weighted by atomic mass is 10.2. The Morgan fingerprint density at radius 1 is 1.38 bits per heavy atom. The number of hydrogen-bond donors (Lipinski definition) is 1. The van der Waals surface area contributed by atoms with Gasteiger partial charge in [0.1, 0.15) is 0 Å². The first-order chi connectivity index (χ1) is 10.0. The highest BCUT2D eigenvalue weighted by atomic mass is 16.6. The van der Waals surface area contributed by atoms with Gasteiger partial charge in [0.15, 0.2) is 0 Å². The number of nitro groups is 1. The summed E-state index contributed by atoms with van der Waals surface area (Å²) < 4.78 is 1.36. The number of rotatable bonds is 6. The van der Waals surface area contributed by atoms with Crippen LogP contribution in [0.25, 0.3) is 0 Å². The summed E-state index contributed by atoms with van der Waals surface area (Å²) in [4.78, 5) is 25.1. The highest BCUT2D eigenvalue weighted by Gasteiger charge is 2.12. The van der Waals surface area contributed by atoms with Crippen molar-refractivity contribution < 1.29 is 9.72 Å². The molecule has 1 aromatic heterocycles. The van der Waals surface area contributed by atoms with E-state index in [1.165, 1.54) is 11.0 Å². The molecule has 1 amide bonds. The van der Waals surface area contributed by atoms with Gasteiger partial charge >= 0.3 is 5.95 Å². The fourth-order valence-corrected chi connectivity index (χ4v) is 1.74. The van der Waals surface area contributed by atoms with Crippen molar-refractivity contribution in [2.75, 3.05) is 5.32 Å². The molecule has 0 aliphatic rings. The van der Waals surface area contributed by atoms with Crippen molar-refractivity contribution in [3.8, 4) is 0 Å². The first-order valence-corrected chi connectivity index (χ1v) is 6.45. The van der Waals surface area contributed by atoms with E-state index in [0.29, 0.717) is 19.4 Å². The standard InChI is InChI=1S/C13H15N5O3/c1-10-4-6-11(7-5-10)15-12(19)3-2-8-17-9-14-13(16-17)18(20)21/h4-7,9H,2-3,8H2,1H3,(H,15,19). The van der Waals surface area contributed by atoms with Crippen LogP contribution in [0.2, 0.25) is 0 Å². The van der Waals surface area contributed by atoms with E-state index < -0.39 is 10.9 Å². The number of nitrogens with zero attached hydrogens (tertiary/aromatic N) is 4. The number of nitrogens with one attached hydrogen (secondary N) is 1. The maximum absolute atomic E-state index is 11.7. The third-order valence-corrected chi connectivity index (χ3v) is 2.81. The highest BCUT2D eigenvalue weighted by molar-refractivity contribution is 5.90. The molecule has 0 unspecified atom stereocenters. The zero-order valence-corrected chi connectivity index (χ0v) is 11.5. The SMILES string of the molecule is Cc1ccc(NC(=O)CCCn2cnc([N+](=O)[O-])n2)cc1. The number of carbonyl (C=O) groups excluding carboxylic acids is 1. The van der Waals surface area contributed by atoms with Crippen LogP contribution in [-0.4, -0.2) is 25.6 Å². The zero-order chi connectivity index (χ0) is 15.2. The number of benzene rings is 1. The fourth-order valence-electron chi connectivity index (χ4n) is 1.74. The maximum Gasteiger partial charge on any atom is 0.490 e. The summed E-state index contributed by atoms with van der Waals surface area (Å²) in [5.41, 5.74) is 1.88. The Hall–Kier alpha value is -2.77. The van der Waals surface area contributed by atoms with Gasteiger partial charge in [-0.2, -0.15) is 4.68 Å². The molecule has 0 saturated carbocycles. The molecule has 0 aliphatic heterocycles. The molecule has 110 valence electrons. The van der Waals surface area contributed by atoms with Crippen LogP contribution in [0.1, 0.15) is 18.4 Å². The van der Waals surface area contributed by atoms with Crippen molar-refractivity contribution >= 4 is 17.5 Å². The number of carbonyl (C=O) groups is 1. The number of hydrogen-bond acceptors (Lipinski definition) is 5. The zero-order valence-electron chi connectivity index (χ0n) is 11.5. The van der Waals surface area contributed by atoms with Crippen molar-refractivity contribution in [3.05, 3.63) is 46.3 Å². The van der Waals surface area contributed by atoms with Gasteiger partial charge < -0.3 is 15.4 Å². The predicted octanol–water partition coefficient (Wildman–Crippen LogP) is 1.91. The smallest absolute Gasteiger partial charge is 0.390 e. The molecule has 8 nitrogen and oxygen atoms in total. The summed E-state index contributed by atoms with van der Waals surface area (Å²) in [5, 5.41) is 16.9. The molecule has 0 atom stereocenters. The van der Waals surface area contributed by atoms with Crippen LogP contribution in [0.3, 0.4) is 0 Å². The molecule has 1 heterocycles. The molecule has 0 spiro atoms. The minimum absolute atomic E-state index is 0.103. The van der Waals surface area contributed by atoms with Gasteiger partial charge in [-0.25, -0.2) is 0 Å². The minimum Gasteiger partial charge on any atom is -0.390 e. The maximum atomic E-state index is 11.7. The van der Waals surface area contributed by atoms with Gasteiger partial charge in [-0.3, -0.25) is 4.79 Å². The molecule has 1 N–H and O–H groups in total. The van der Waals surface area contributed by atoms with Crippen molar-refractivity contribution in [2.24, 2.45) is 0 Å². The van der Waals surface area contributed by atoms with E-state index in [4.69, 9.17) is 0 Å². The average molecular weight is 289 g/mol. The molecular formula is C13H15N5O3. The van der Waals surface area contributed by atoms with Gasteiger partial charge in [0, 0.05) is 17.2 Å². The van der Waals surface area contributed by atoms with Crippen LogP contribution in [-0.2, 0) is 11.3 Å². The van der Waals surface area contributed by atoms with Gasteiger partial charge in [-0.1, -0.05) is 22.7 Å². The third kappa shape index (κ3) is 4.37. The highest BCUT2D eigenvalue weighted by Crippen LogP contribution is 2.09. The normalized spacial score (nSPS) is 10.3. The number of aryl methyl sites for hydroxylation is 2. The Labute approximate surface area is 121 Å². The van der Waals surface area contributed by atoms with E-state index in [2.05, 4.69) is 15.4 Å². The van der Waals surface area contributed by atoms with Crippen molar-refractivity contribution in [3.63, 3.8) is 0 Å². The summed E-state index contributed by atoms with van der Waals surface area (Å²) in [6, 6.07) is 7.52. The summed E-state index contributed by atoms with van der Waals surface area (Å²) in [6.45, 7) is 2.38. The van der Waals surface area contributed by atoms with E-state index in [-0.39, 0.29) is 5.91 Å². The second-order valence-corrected chi connectivity index (χ2v) is 4.58. The van der Waals surface area contributed by atoms with Gasteiger partial charge in [0.25, 0.3) is 0 Å². The predicted molar refractivity (Wildman–Crippen MR) is 75.7 cm³/mol. The van der Waals surface area contributed by atoms with E-state index >= 15 is 0 Å². The molecule has 2 aromatic rings. The molecule has 0 fully saturated rings. The van der Waals surface area contributed by atoms with Crippen LogP contribution in [0.15, 0.2) is 30.6 Å². The Morgan fingerprint density at radius 3 is 2.71 bits per heavy atom. The average Bonchev–Trinajstić information content (AvgIpc) is 2.90. The number of anilines is 1. The van der Waals surface area contributed by atoms with Gasteiger partial charge in [-0.05, 0) is 30.4 Å². The van der Waals surface area contributed by atoms with Crippen LogP contribution >= 0.6 is 0 Å². The first kappa shape index (κ1) is 14.6. The molecule has 1 aromatic carbocycles. The summed E-state index contributed by atoms with van der Waals surface area (Å²) in [5.74, 6) is -0.535. The fraction of sp³-hybridized carbons (Fsp3) is 0.308. The first-order valence-electron chi connectivity index (χ1n) is 6.45. The largest absolute Gasteiger partial charge is 0.490 e. The summed E-state index contributed by atoms with van der Waals surface area (Å²) in [7, 11) is 0. The summed E-state index contributed by atoms with van der Waals surface area (Å²) >= 11 is 0. The lowest BCUT2D eigenvalue weighted by Crippen LogP contribution is -2.12. The van der Waals surface area contributed by atoms with E-state index in [9.17, 15) is 14.9 Å². The Kier molecular flexibility index (Phi) is 4.60. The van der Waals surface area contributed by atoms with E-state index in [1.807, 2.05) is 31.2 Å². The van der Waals surface area contributed by atoms with E-state index in [1.54, 1.807) is 0 Å². The Bertz CT molecular complexity index is 636. The lowest BCUT2D eigenvalue weighted by molar-refractivity contribution is -0.394. The number of amides is 1. The summed E-state index contributed by atoms with van der Waals surface area (Å²) in [6.07, 6.45) is 2.12. The molecule has 8 heteroatoms. The quantitative estimate of drug-likeness (QED) is 0.646. The molecule has 0 bridgehead atoms. The van der Waals surface area contributed by atoms with Crippen molar-refractivity contribution in [1.82, 2.24) is 14.8 Å².